The predicted molar refractivity (Wildman–Crippen MR) is 170 cm³/mol. The highest BCUT2D eigenvalue weighted by Gasteiger charge is 2.38. The molecular weight excluding hydrogens is 526 g/mol. The number of carbonyl (C=O) groups is 3. The van der Waals surface area contributed by atoms with Crippen LogP contribution in [0.5, 0.6) is 0 Å². The summed E-state index contributed by atoms with van der Waals surface area (Å²) in [7, 11) is 0. The number of hydrogen-bond donors (Lipinski definition) is 2. The monoisotopic (exact) mass is 573 g/mol. The van der Waals surface area contributed by atoms with Crippen molar-refractivity contribution in [2.45, 2.75) is 91.3 Å². The van der Waals surface area contributed by atoms with Gasteiger partial charge in [-0.15, -0.1) is 0 Å². The van der Waals surface area contributed by atoms with Crippen LogP contribution in [-0.2, 0) is 14.3 Å². The third-order valence-corrected chi connectivity index (χ3v) is 7.38. The maximum absolute atomic E-state index is 14.4. The zero-order chi connectivity index (χ0) is 30.7. The molecule has 2 N–H and O–H groups in total. The first-order valence-corrected chi connectivity index (χ1v) is 15.2. The minimum Gasteiger partial charge on any atom is -0.444 e. The van der Waals surface area contributed by atoms with Gasteiger partial charge in [0.05, 0.1) is 0 Å². The van der Waals surface area contributed by atoms with Gasteiger partial charge in [-0.1, -0.05) is 107 Å². The lowest BCUT2D eigenvalue weighted by molar-refractivity contribution is -0.142. The largest absolute Gasteiger partial charge is 0.444 e. The van der Waals surface area contributed by atoms with Crippen LogP contribution in [0.3, 0.4) is 0 Å². The van der Waals surface area contributed by atoms with Crippen LogP contribution in [0.25, 0.3) is 10.8 Å². The van der Waals surface area contributed by atoms with Gasteiger partial charge in [0.15, 0.2) is 0 Å². The smallest absolute Gasteiger partial charge is 0.408 e. The molecule has 0 aliphatic carbocycles. The van der Waals surface area contributed by atoms with Crippen LogP contribution < -0.4 is 10.6 Å². The zero-order valence-electron chi connectivity index (χ0n) is 26.0. The molecule has 0 heterocycles. The van der Waals surface area contributed by atoms with Gasteiger partial charge in [-0.25, -0.2) is 4.79 Å². The molecule has 3 unspecified atom stereocenters. The van der Waals surface area contributed by atoms with E-state index in [4.69, 9.17) is 4.74 Å². The van der Waals surface area contributed by atoms with Gasteiger partial charge in [-0.05, 0) is 61.6 Å². The van der Waals surface area contributed by atoms with Crippen molar-refractivity contribution >= 4 is 34.4 Å². The number of fused-ring (bicyclic) bond motifs is 1. The molecule has 0 saturated heterocycles. The van der Waals surface area contributed by atoms with E-state index in [2.05, 4.69) is 17.6 Å². The molecule has 0 aliphatic heterocycles. The molecule has 0 spiro atoms. The van der Waals surface area contributed by atoms with Crippen molar-refractivity contribution in [3.05, 3.63) is 78.4 Å². The molecule has 0 radical (unpaired) electrons. The van der Waals surface area contributed by atoms with E-state index in [-0.39, 0.29) is 17.7 Å². The van der Waals surface area contributed by atoms with E-state index in [1.54, 1.807) is 25.7 Å². The lowest BCUT2D eigenvalue weighted by Crippen LogP contribution is -2.55. The predicted octanol–water partition coefficient (Wildman–Crippen LogP) is 7.87. The molecule has 0 bridgehead atoms. The Morgan fingerprint density at radius 3 is 2.17 bits per heavy atom. The minimum absolute atomic E-state index is 0.178. The average molecular weight is 574 g/mol. The van der Waals surface area contributed by atoms with Crippen molar-refractivity contribution in [3.8, 4) is 0 Å². The van der Waals surface area contributed by atoms with Gasteiger partial charge in [-0.3, -0.25) is 9.59 Å². The number of rotatable bonds is 13. The van der Waals surface area contributed by atoms with E-state index >= 15 is 0 Å². The molecule has 3 aromatic carbocycles. The molecule has 7 nitrogen and oxygen atoms in total. The average Bonchev–Trinajstić information content (AvgIpc) is 2.96. The number of anilines is 1. The highest BCUT2D eigenvalue weighted by atomic mass is 16.6. The lowest BCUT2D eigenvalue weighted by atomic mass is 9.95. The van der Waals surface area contributed by atoms with Crippen molar-refractivity contribution in [1.29, 1.82) is 0 Å². The summed E-state index contributed by atoms with van der Waals surface area (Å²) in [5, 5.41) is 8.00. The quantitative estimate of drug-likeness (QED) is 0.204. The number of carbonyl (C=O) groups excluding carboxylic acids is 3. The molecule has 7 heteroatoms. The molecule has 0 aromatic heterocycles. The number of amides is 3. The first kappa shape index (κ1) is 32.6. The van der Waals surface area contributed by atoms with Gasteiger partial charge in [0.25, 0.3) is 5.91 Å². The summed E-state index contributed by atoms with van der Waals surface area (Å²) in [5.41, 5.74) is 0.655. The van der Waals surface area contributed by atoms with Gasteiger partial charge in [-0.2, -0.15) is 0 Å². The van der Waals surface area contributed by atoms with Crippen molar-refractivity contribution in [3.63, 3.8) is 0 Å². The van der Waals surface area contributed by atoms with Crippen LogP contribution in [0.15, 0.2) is 72.8 Å². The molecule has 226 valence electrons. The van der Waals surface area contributed by atoms with Crippen LogP contribution in [0.4, 0.5) is 10.5 Å². The summed E-state index contributed by atoms with van der Waals surface area (Å²) >= 11 is 0. The van der Waals surface area contributed by atoms with Gasteiger partial charge in [0.1, 0.15) is 17.7 Å². The number of hydrogen-bond acceptors (Lipinski definition) is 4. The Hall–Kier alpha value is -3.87. The Morgan fingerprint density at radius 1 is 0.857 bits per heavy atom. The summed E-state index contributed by atoms with van der Waals surface area (Å²) in [6, 6.07) is 21.4. The van der Waals surface area contributed by atoms with Crippen molar-refractivity contribution in [2.75, 3.05) is 11.9 Å². The summed E-state index contributed by atoms with van der Waals surface area (Å²) in [6.45, 7) is 11.8. The fourth-order valence-corrected chi connectivity index (χ4v) is 4.96. The Kier molecular flexibility index (Phi) is 12.0. The number of ether oxygens (including phenoxy) is 1. The molecule has 3 rings (SSSR count). The molecule has 3 aromatic rings. The van der Waals surface area contributed by atoms with E-state index in [1.807, 2.05) is 86.6 Å². The molecular formula is C35H47N3O4. The first-order valence-electron chi connectivity index (χ1n) is 15.2. The topological polar surface area (TPSA) is 87.7 Å². The molecule has 3 atom stereocenters. The fraction of sp³-hybridized carbons (Fsp3) is 0.457. The maximum atomic E-state index is 14.4. The summed E-state index contributed by atoms with van der Waals surface area (Å²) in [5.74, 6) is -0.780. The summed E-state index contributed by atoms with van der Waals surface area (Å²) in [4.78, 5) is 43.1. The zero-order valence-corrected chi connectivity index (χ0v) is 26.0. The second-order valence-electron chi connectivity index (χ2n) is 12.0. The van der Waals surface area contributed by atoms with Gasteiger partial charge >= 0.3 is 6.09 Å². The van der Waals surface area contributed by atoms with E-state index in [1.165, 1.54) is 0 Å². The van der Waals surface area contributed by atoms with Crippen LogP contribution in [0, 0.1) is 5.92 Å². The van der Waals surface area contributed by atoms with Crippen LogP contribution in [0.1, 0.15) is 85.3 Å². The highest BCUT2D eigenvalue weighted by Crippen LogP contribution is 2.28. The number of benzene rings is 3. The number of nitrogens with zero attached hydrogens (tertiary/aromatic N) is 1. The van der Waals surface area contributed by atoms with Crippen LogP contribution in [0.2, 0.25) is 0 Å². The standard InChI is InChI=1S/C35H47N3O4/c1-7-9-10-16-23-38(33(40)30(25(3)8-2)37-34(41)42-35(4,5)6)31(27-18-12-11-13-19-27)32(39)36-29-22-21-26-17-14-15-20-28(26)24-29/h11-15,17-22,24-25,30-31H,7-10,16,23H2,1-6H3,(H,36,39)(H,37,41). The number of nitrogens with one attached hydrogen (secondary N) is 2. The number of unbranched alkanes of at least 4 members (excludes halogenated alkanes) is 3. The molecule has 42 heavy (non-hydrogen) atoms. The molecule has 3 amide bonds. The fourth-order valence-electron chi connectivity index (χ4n) is 4.96. The van der Waals surface area contributed by atoms with Crippen molar-refractivity contribution < 1.29 is 19.1 Å². The Bertz CT molecular complexity index is 1320. The molecule has 0 aliphatic rings. The van der Waals surface area contributed by atoms with E-state index in [0.717, 1.165) is 36.5 Å². The minimum atomic E-state index is -0.890. The van der Waals surface area contributed by atoms with Gasteiger partial charge < -0.3 is 20.3 Å². The maximum Gasteiger partial charge on any atom is 0.408 e. The second-order valence-corrected chi connectivity index (χ2v) is 12.0. The van der Waals surface area contributed by atoms with Crippen LogP contribution >= 0.6 is 0 Å². The second kappa shape index (κ2) is 15.4. The molecule has 0 saturated carbocycles. The number of alkyl carbamates (subject to hydrolysis) is 1. The Morgan fingerprint density at radius 2 is 1.52 bits per heavy atom. The van der Waals surface area contributed by atoms with E-state index < -0.39 is 23.8 Å². The molecule has 0 fully saturated rings. The normalized spacial score (nSPS) is 13.6. The van der Waals surface area contributed by atoms with Gasteiger partial charge in [0, 0.05) is 12.2 Å². The SMILES string of the molecule is CCCCCCN(C(=O)C(NC(=O)OC(C)(C)C)C(C)CC)C(C(=O)Nc1ccc2ccccc2c1)c1ccccc1. The van der Waals surface area contributed by atoms with Crippen LogP contribution in [-0.4, -0.2) is 41.0 Å². The summed E-state index contributed by atoms with van der Waals surface area (Å²) < 4.78 is 5.51. The summed E-state index contributed by atoms with van der Waals surface area (Å²) in [6.07, 6.45) is 3.77. The van der Waals surface area contributed by atoms with Crippen molar-refractivity contribution in [1.82, 2.24) is 10.2 Å². The third-order valence-electron chi connectivity index (χ3n) is 7.38. The van der Waals surface area contributed by atoms with Gasteiger partial charge in [0.2, 0.25) is 5.91 Å². The third kappa shape index (κ3) is 9.33. The van der Waals surface area contributed by atoms with E-state index in [9.17, 15) is 14.4 Å². The Balaban J connectivity index is 2.01. The lowest BCUT2D eigenvalue weighted by Gasteiger charge is -2.36. The Labute approximate surface area is 251 Å². The highest BCUT2D eigenvalue weighted by molar-refractivity contribution is 6.00. The first-order chi connectivity index (χ1) is 20.0. The van der Waals surface area contributed by atoms with E-state index in [0.29, 0.717) is 24.2 Å². The van der Waals surface area contributed by atoms with Crippen molar-refractivity contribution in [2.24, 2.45) is 5.92 Å².